The Morgan fingerprint density at radius 1 is 1.11 bits per heavy atom. The summed E-state index contributed by atoms with van der Waals surface area (Å²) in [6.45, 7) is 4.77. The molecule has 1 saturated heterocycles. The number of aryl methyl sites for hydroxylation is 1. The van der Waals surface area contributed by atoms with Gasteiger partial charge >= 0.3 is 0 Å². The number of nitrogens with one attached hydrogen (secondary N) is 1. The first-order chi connectivity index (χ1) is 13.5. The Balaban J connectivity index is 1.59. The molecule has 2 aromatic rings. The molecule has 1 N–H and O–H groups in total. The molecule has 0 bridgehead atoms. The first-order valence-corrected chi connectivity index (χ1v) is 9.88. The lowest BCUT2D eigenvalue weighted by molar-refractivity contribution is -0.138. The van der Waals surface area contributed by atoms with E-state index in [-0.39, 0.29) is 18.2 Å². The minimum Gasteiger partial charge on any atom is -0.353 e. The van der Waals surface area contributed by atoms with Gasteiger partial charge in [0, 0.05) is 33.2 Å². The minimum atomic E-state index is -0.415. The molecular weight excluding hydrogens is 350 g/mol. The van der Waals surface area contributed by atoms with Gasteiger partial charge in [0.1, 0.15) is 0 Å². The third-order valence-corrected chi connectivity index (χ3v) is 5.32. The number of piperazine rings is 1. The highest BCUT2D eigenvalue weighted by Crippen LogP contribution is 2.15. The largest absolute Gasteiger partial charge is 0.353 e. The molecule has 1 heterocycles. The van der Waals surface area contributed by atoms with Crippen molar-refractivity contribution in [1.29, 1.82) is 0 Å². The van der Waals surface area contributed by atoms with E-state index in [4.69, 9.17) is 0 Å². The highest BCUT2D eigenvalue weighted by Gasteiger charge is 2.32. The van der Waals surface area contributed by atoms with E-state index in [0.717, 1.165) is 18.5 Å². The first kappa shape index (κ1) is 20.1. The zero-order valence-electron chi connectivity index (χ0n) is 16.7. The van der Waals surface area contributed by atoms with Crippen molar-refractivity contribution in [1.82, 2.24) is 15.1 Å². The fraction of sp³-hybridized carbons (Fsp3) is 0.391. The summed E-state index contributed by atoms with van der Waals surface area (Å²) >= 11 is 0. The van der Waals surface area contributed by atoms with E-state index < -0.39 is 6.04 Å². The first-order valence-electron chi connectivity index (χ1n) is 9.88. The van der Waals surface area contributed by atoms with Gasteiger partial charge in [0.2, 0.25) is 11.8 Å². The van der Waals surface area contributed by atoms with Crippen molar-refractivity contribution < 1.29 is 9.59 Å². The molecule has 148 valence electrons. The van der Waals surface area contributed by atoms with E-state index in [1.54, 1.807) is 4.90 Å². The molecule has 0 spiro atoms. The van der Waals surface area contributed by atoms with Gasteiger partial charge in [0.15, 0.2) is 0 Å². The van der Waals surface area contributed by atoms with Gasteiger partial charge in [-0.3, -0.25) is 14.5 Å². The van der Waals surface area contributed by atoms with E-state index >= 15 is 0 Å². The van der Waals surface area contributed by atoms with Crippen LogP contribution in [0.2, 0.25) is 0 Å². The number of carbonyl (C=O) groups is 2. The van der Waals surface area contributed by atoms with Gasteiger partial charge in [0.25, 0.3) is 0 Å². The number of nitrogens with zero attached hydrogens (tertiary/aromatic N) is 2. The third-order valence-electron chi connectivity index (χ3n) is 5.32. The molecule has 2 amide bonds. The molecular formula is C23H29N3O2. The lowest BCUT2D eigenvalue weighted by atomic mass is 10.1. The van der Waals surface area contributed by atoms with Gasteiger partial charge in [-0.25, -0.2) is 0 Å². The minimum absolute atomic E-state index is 0.00638. The predicted molar refractivity (Wildman–Crippen MR) is 111 cm³/mol. The monoisotopic (exact) mass is 379 g/mol. The molecule has 1 fully saturated rings. The second-order valence-electron chi connectivity index (χ2n) is 7.52. The molecule has 0 aliphatic carbocycles. The van der Waals surface area contributed by atoms with Crippen molar-refractivity contribution in [3.05, 3.63) is 71.3 Å². The number of hydrogen-bond acceptors (Lipinski definition) is 3. The van der Waals surface area contributed by atoms with Crippen molar-refractivity contribution in [3.63, 3.8) is 0 Å². The van der Waals surface area contributed by atoms with E-state index in [2.05, 4.69) is 53.5 Å². The Bertz CT molecular complexity index is 789. The molecule has 0 radical (unpaired) electrons. The van der Waals surface area contributed by atoms with Crippen LogP contribution in [0, 0.1) is 6.92 Å². The average Bonchev–Trinajstić information content (AvgIpc) is 2.71. The predicted octanol–water partition coefficient (Wildman–Crippen LogP) is 2.39. The summed E-state index contributed by atoms with van der Waals surface area (Å²) in [4.78, 5) is 29.1. The fourth-order valence-electron chi connectivity index (χ4n) is 3.49. The molecule has 5 nitrogen and oxygen atoms in total. The Morgan fingerprint density at radius 2 is 1.82 bits per heavy atom. The van der Waals surface area contributed by atoms with Crippen molar-refractivity contribution in [2.75, 3.05) is 26.7 Å². The summed E-state index contributed by atoms with van der Waals surface area (Å²) in [7, 11) is 1.82. The normalized spacial score (nSPS) is 17.2. The second kappa shape index (κ2) is 9.51. The van der Waals surface area contributed by atoms with Crippen molar-refractivity contribution in [2.45, 2.75) is 32.4 Å². The summed E-state index contributed by atoms with van der Waals surface area (Å²) in [5.74, 6) is -0.0462. The Kier molecular flexibility index (Phi) is 6.82. The van der Waals surface area contributed by atoms with Crippen LogP contribution in [0.5, 0.6) is 0 Å². The number of amides is 2. The van der Waals surface area contributed by atoms with Crippen LogP contribution in [0.25, 0.3) is 0 Å². The highest BCUT2D eigenvalue weighted by molar-refractivity contribution is 5.88. The molecule has 1 atom stereocenters. The van der Waals surface area contributed by atoms with Crippen molar-refractivity contribution in [3.8, 4) is 0 Å². The van der Waals surface area contributed by atoms with Gasteiger partial charge in [-0.2, -0.15) is 0 Å². The van der Waals surface area contributed by atoms with Crippen LogP contribution < -0.4 is 5.32 Å². The zero-order chi connectivity index (χ0) is 19.9. The van der Waals surface area contributed by atoms with Gasteiger partial charge in [-0.15, -0.1) is 0 Å². The van der Waals surface area contributed by atoms with Gasteiger partial charge in [-0.1, -0.05) is 60.2 Å². The summed E-state index contributed by atoms with van der Waals surface area (Å²) in [6, 6.07) is 18.1. The number of benzene rings is 2. The topological polar surface area (TPSA) is 52.7 Å². The molecule has 5 heteroatoms. The number of hydrogen-bond donors (Lipinski definition) is 1. The van der Waals surface area contributed by atoms with Crippen molar-refractivity contribution in [2.24, 2.45) is 0 Å². The van der Waals surface area contributed by atoms with E-state index in [9.17, 15) is 9.59 Å². The fourth-order valence-corrected chi connectivity index (χ4v) is 3.49. The second-order valence-corrected chi connectivity index (χ2v) is 7.52. The lowest BCUT2D eigenvalue weighted by Crippen LogP contribution is -2.56. The molecule has 0 saturated carbocycles. The lowest BCUT2D eigenvalue weighted by Gasteiger charge is -2.35. The Hall–Kier alpha value is -2.66. The number of rotatable bonds is 7. The maximum Gasteiger partial charge on any atom is 0.237 e. The summed E-state index contributed by atoms with van der Waals surface area (Å²) in [6.07, 6.45) is 1.02. The van der Waals surface area contributed by atoms with Crippen LogP contribution in [0.15, 0.2) is 54.6 Å². The standard InChI is InChI=1S/C23H29N3O2/c1-18-8-10-20(11-9-18)17-26-15-13-24-23(28)21(26)16-22(27)25(2)14-12-19-6-4-3-5-7-19/h3-11,21H,12-17H2,1-2H3,(H,24,28)/t21-/m0/s1. The Labute approximate surface area is 167 Å². The summed E-state index contributed by atoms with van der Waals surface area (Å²) < 4.78 is 0. The molecule has 1 aliphatic rings. The van der Waals surface area contributed by atoms with E-state index in [1.165, 1.54) is 11.1 Å². The van der Waals surface area contributed by atoms with Crippen LogP contribution >= 0.6 is 0 Å². The zero-order valence-corrected chi connectivity index (χ0v) is 16.7. The summed E-state index contributed by atoms with van der Waals surface area (Å²) in [5.41, 5.74) is 3.58. The summed E-state index contributed by atoms with van der Waals surface area (Å²) in [5, 5.41) is 2.91. The smallest absolute Gasteiger partial charge is 0.237 e. The number of carbonyl (C=O) groups excluding carboxylic acids is 2. The molecule has 28 heavy (non-hydrogen) atoms. The van der Waals surface area contributed by atoms with Crippen LogP contribution in [0.4, 0.5) is 0 Å². The Morgan fingerprint density at radius 3 is 2.54 bits per heavy atom. The SMILES string of the molecule is Cc1ccc(CN2CCNC(=O)[C@@H]2CC(=O)N(C)CCc2ccccc2)cc1. The maximum absolute atomic E-state index is 12.7. The average molecular weight is 380 g/mol. The highest BCUT2D eigenvalue weighted by atomic mass is 16.2. The maximum atomic E-state index is 12.7. The van der Waals surface area contributed by atoms with E-state index in [1.807, 2.05) is 25.2 Å². The van der Waals surface area contributed by atoms with E-state index in [0.29, 0.717) is 19.6 Å². The quantitative estimate of drug-likeness (QED) is 0.804. The van der Waals surface area contributed by atoms with Gasteiger partial charge in [-0.05, 0) is 24.5 Å². The van der Waals surface area contributed by atoms with Gasteiger partial charge < -0.3 is 10.2 Å². The third kappa shape index (κ3) is 5.42. The molecule has 3 rings (SSSR count). The molecule has 0 aromatic heterocycles. The van der Waals surface area contributed by atoms with Crippen molar-refractivity contribution >= 4 is 11.8 Å². The number of likely N-dealkylation sites (N-methyl/N-ethyl adjacent to an activating group) is 1. The van der Waals surface area contributed by atoms with Crippen LogP contribution in [-0.4, -0.2) is 54.3 Å². The van der Waals surface area contributed by atoms with Crippen LogP contribution in [0.3, 0.4) is 0 Å². The van der Waals surface area contributed by atoms with Crippen LogP contribution in [-0.2, 0) is 22.6 Å². The van der Waals surface area contributed by atoms with Gasteiger partial charge in [0.05, 0.1) is 12.5 Å². The molecule has 1 aliphatic heterocycles. The molecule has 2 aromatic carbocycles. The molecule has 0 unspecified atom stereocenters. The van der Waals surface area contributed by atoms with Crippen LogP contribution in [0.1, 0.15) is 23.1 Å².